The van der Waals surface area contributed by atoms with Gasteiger partial charge in [0.15, 0.2) is 0 Å². The zero-order valence-corrected chi connectivity index (χ0v) is 14.2. The molecule has 0 aromatic heterocycles. The standard InChI is InChI=1S/C16H18ClN5O2/c1-3-24-16(23)21-11-18-22-14(9-13(17)19-15(21)22)20(2)10-12-7-5-4-6-8-12/h4-9,11,15H,3,10H2,1-2H3. The summed E-state index contributed by atoms with van der Waals surface area (Å²) in [5.41, 5.74) is 1.15. The highest BCUT2D eigenvalue weighted by Gasteiger charge is 2.38. The second-order valence-electron chi connectivity index (χ2n) is 5.32. The molecule has 8 heteroatoms. The van der Waals surface area contributed by atoms with E-state index in [1.165, 1.54) is 11.2 Å². The third-order valence-corrected chi connectivity index (χ3v) is 3.83. The van der Waals surface area contributed by atoms with Crippen molar-refractivity contribution in [1.29, 1.82) is 0 Å². The number of nitrogens with zero attached hydrogens (tertiary/aromatic N) is 5. The van der Waals surface area contributed by atoms with Crippen LogP contribution in [0.2, 0.25) is 0 Å². The molecule has 1 unspecified atom stereocenters. The summed E-state index contributed by atoms with van der Waals surface area (Å²) in [5, 5.41) is 6.23. The van der Waals surface area contributed by atoms with Crippen LogP contribution in [0.15, 0.2) is 52.3 Å². The number of hydrogen-bond donors (Lipinski definition) is 0. The van der Waals surface area contributed by atoms with E-state index in [-0.39, 0.29) is 6.61 Å². The van der Waals surface area contributed by atoms with Crippen LogP contribution < -0.4 is 0 Å². The van der Waals surface area contributed by atoms with Gasteiger partial charge in [-0.3, -0.25) is 0 Å². The number of halogens is 1. The number of aliphatic imine (C=N–C) groups is 1. The Morgan fingerprint density at radius 2 is 2.12 bits per heavy atom. The summed E-state index contributed by atoms with van der Waals surface area (Å²) >= 11 is 6.16. The normalized spacial score (nSPS) is 18.9. The Balaban J connectivity index is 1.79. The number of carbonyl (C=O) groups is 1. The summed E-state index contributed by atoms with van der Waals surface area (Å²) < 4.78 is 5.03. The van der Waals surface area contributed by atoms with E-state index in [1.807, 2.05) is 42.3 Å². The van der Waals surface area contributed by atoms with Gasteiger partial charge >= 0.3 is 6.09 Å². The maximum Gasteiger partial charge on any atom is 0.418 e. The highest BCUT2D eigenvalue weighted by molar-refractivity contribution is 6.68. The van der Waals surface area contributed by atoms with Crippen molar-refractivity contribution >= 4 is 29.2 Å². The summed E-state index contributed by atoms with van der Waals surface area (Å²) in [7, 11) is 1.94. The molecule has 7 nitrogen and oxygen atoms in total. The van der Waals surface area contributed by atoms with Crippen LogP contribution in [0.1, 0.15) is 12.5 Å². The molecule has 2 aliphatic rings. The molecule has 24 heavy (non-hydrogen) atoms. The topological polar surface area (TPSA) is 60.7 Å². The second kappa shape index (κ2) is 6.92. The maximum atomic E-state index is 12.0. The molecule has 0 saturated heterocycles. The monoisotopic (exact) mass is 347 g/mol. The van der Waals surface area contributed by atoms with Crippen LogP contribution in [0.4, 0.5) is 4.79 Å². The van der Waals surface area contributed by atoms with Gasteiger partial charge in [-0.05, 0) is 12.5 Å². The first-order valence-electron chi connectivity index (χ1n) is 7.58. The van der Waals surface area contributed by atoms with Crippen LogP contribution >= 0.6 is 11.6 Å². The van der Waals surface area contributed by atoms with Gasteiger partial charge in [0, 0.05) is 19.7 Å². The molecule has 0 fully saturated rings. The lowest BCUT2D eigenvalue weighted by Crippen LogP contribution is -2.46. The van der Waals surface area contributed by atoms with Crippen LogP contribution in [0.5, 0.6) is 0 Å². The van der Waals surface area contributed by atoms with Gasteiger partial charge in [-0.2, -0.15) is 5.10 Å². The van der Waals surface area contributed by atoms with E-state index >= 15 is 0 Å². The Hall–Kier alpha value is -2.54. The van der Waals surface area contributed by atoms with Gasteiger partial charge < -0.3 is 9.64 Å². The number of rotatable bonds is 4. The van der Waals surface area contributed by atoms with Crippen LogP contribution in [-0.2, 0) is 11.3 Å². The Bertz CT molecular complexity index is 704. The zero-order chi connectivity index (χ0) is 17.1. The molecule has 1 aromatic carbocycles. The van der Waals surface area contributed by atoms with E-state index in [1.54, 1.807) is 18.0 Å². The van der Waals surface area contributed by atoms with E-state index in [4.69, 9.17) is 16.3 Å². The van der Waals surface area contributed by atoms with Crippen molar-refractivity contribution in [3.05, 3.63) is 47.8 Å². The molecule has 1 aromatic rings. The van der Waals surface area contributed by atoms with Crippen molar-refractivity contribution in [2.75, 3.05) is 13.7 Å². The van der Waals surface area contributed by atoms with Crippen molar-refractivity contribution in [2.45, 2.75) is 19.8 Å². The lowest BCUT2D eigenvalue weighted by molar-refractivity contribution is 0.0870. The van der Waals surface area contributed by atoms with Gasteiger partial charge in [0.05, 0.1) is 6.61 Å². The van der Waals surface area contributed by atoms with Gasteiger partial charge in [0.25, 0.3) is 0 Å². The molecule has 1 amide bonds. The average molecular weight is 348 g/mol. The summed E-state index contributed by atoms with van der Waals surface area (Å²) in [5.74, 6) is 0.756. The van der Waals surface area contributed by atoms with Crippen molar-refractivity contribution in [3.8, 4) is 0 Å². The molecule has 3 rings (SSSR count). The van der Waals surface area contributed by atoms with Crippen LogP contribution in [-0.4, -0.2) is 52.4 Å². The molecule has 0 saturated carbocycles. The van der Waals surface area contributed by atoms with Gasteiger partial charge in [0.2, 0.25) is 6.29 Å². The molecule has 0 N–H and O–H groups in total. The van der Waals surface area contributed by atoms with Crippen molar-refractivity contribution in [2.24, 2.45) is 10.1 Å². The number of fused-ring (bicyclic) bond motifs is 1. The van der Waals surface area contributed by atoms with Crippen LogP contribution in [0.3, 0.4) is 0 Å². The maximum absolute atomic E-state index is 12.0. The first-order valence-corrected chi connectivity index (χ1v) is 7.96. The average Bonchev–Trinajstić information content (AvgIpc) is 2.99. The molecule has 2 aliphatic heterocycles. The fourth-order valence-electron chi connectivity index (χ4n) is 2.53. The Morgan fingerprint density at radius 1 is 1.38 bits per heavy atom. The number of carbonyl (C=O) groups excluding carboxylic acids is 1. The Kier molecular flexibility index (Phi) is 4.71. The van der Waals surface area contributed by atoms with Crippen LogP contribution in [0.25, 0.3) is 0 Å². The number of allylic oxidation sites excluding steroid dienone is 1. The lowest BCUT2D eigenvalue weighted by atomic mass is 10.2. The molecule has 0 aliphatic carbocycles. The number of hydrazone groups is 1. The van der Waals surface area contributed by atoms with Gasteiger partial charge in [0.1, 0.15) is 17.3 Å². The predicted octanol–water partition coefficient (Wildman–Crippen LogP) is 2.61. The third-order valence-electron chi connectivity index (χ3n) is 3.62. The fraction of sp³-hybridized carbons (Fsp3) is 0.312. The Morgan fingerprint density at radius 3 is 2.83 bits per heavy atom. The quantitative estimate of drug-likeness (QED) is 0.840. The van der Waals surface area contributed by atoms with E-state index in [2.05, 4.69) is 10.1 Å². The van der Waals surface area contributed by atoms with Crippen molar-refractivity contribution in [3.63, 3.8) is 0 Å². The first kappa shape index (κ1) is 16.3. The second-order valence-corrected chi connectivity index (χ2v) is 5.71. The fourth-order valence-corrected chi connectivity index (χ4v) is 2.71. The van der Waals surface area contributed by atoms with E-state index in [9.17, 15) is 4.79 Å². The smallest absolute Gasteiger partial charge is 0.418 e. The molecular formula is C16H18ClN5O2. The van der Waals surface area contributed by atoms with Gasteiger partial charge in [-0.15, -0.1) is 0 Å². The molecule has 1 atom stereocenters. The summed E-state index contributed by atoms with van der Waals surface area (Å²) in [6.45, 7) is 2.71. The first-order chi connectivity index (χ1) is 11.6. The minimum Gasteiger partial charge on any atom is -0.449 e. The summed E-state index contributed by atoms with van der Waals surface area (Å²) in [6, 6.07) is 10.1. The number of amides is 1. The molecule has 126 valence electrons. The van der Waals surface area contributed by atoms with Crippen molar-refractivity contribution < 1.29 is 9.53 Å². The van der Waals surface area contributed by atoms with E-state index < -0.39 is 12.4 Å². The zero-order valence-electron chi connectivity index (χ0n) is 13.5. The highest BCUT2D eigenvalue weighted by Crippen LogP contribution is 2.27. The summed E-state index contributed by atoms with van der Waals surface area (Å²) in [4.78, 5) is 19.6. The largest absolute Gasteiger partial charge is 0.449 e. The van der Waals surface area contributed by atoms with E-state index in [0.29, 0.717) is 11.7 Å². The lowest BCUT2D eigenvalue weighted by Gasteiger charge is -2.34. The molecule has 0 spiro atoms. The number of hydrogen-bond acceptors (Lipinski definition) is 6. The third kappa shape index (κ3) is 3.21. The van der Waals surface area contributed by atoms with Gasteiger partial charge in [-0.25, -0.2) is 19.7 Å². The van der Waals surface area contributed by atoms with Crippen molar-refractivity contribution in [1.82, 2.24) is 14.8 Å². The number of ether oxygens (including phenoxy) is 1. The highest BCUT2D eigenvalue weighted by atomic mass is 35.5. The SMILES string of the molecule is CCOC(=O)N1C=NN2C(N(C)Cc3ccccc3)=CC(Cl)=NC12. The summed E-state index contributed by atoms with van der Waals surface area (Å²) in [6.07, 6.45) is 1.97. The Labute approximate surface area is 145 Å². The minimum absolute atomic E-state index is 0.282. The number of benzene rings is 1. The van der Waals surface area contributed by atoms with E-state index in [0.717, 1.165) is 11.4 Å². The molecule has 2 heterocycles. The molecular weight excluding hydrogens is 330 g/mol. The van der Waals surface area contributed by atoms with Crippen LogP contribution in [0, 0.1) is 0 Å². The molecule has 0 radical (unpaired) electrons. The van der Waals surface area contributed by atoms with Gasteiger partial charge in [-0.1, -0.05) is 41.9 Å². The molecule has 0 bridgehead atoms. The predicted molar refractivity (Wildman–Crippen MR) is 92.3 cm³/mol. The minimum atomic E-state index is -0.658.